The third-order valence-electron chi connectivity index (χ3n) is 6.07. The molecule has 0 fully saturated rings. The van der Waals surface area contributed by atoms with Crippen molar-refractivity contribution in [1.82, 2.24) is 0 Å². The molecule has 0 amide bonds. The molecule has 1 aliphatic carbocycles. The van der Waals surface area contributed by atoms with Crippen molar-refractivity contribution in [1.29, 1.82) is 0 Å². The van der Waals surface area contributed by atoms with Crippen LogP contribution in [0.15, 0.2) is 36.4 Å². The van der Waals surface area contributed by atoms with Crippen molar-refractivity contribution in [2.45, 2.75) is 57.7 Å². The molecule has 1 aliphatic heterocycles. The molecule has 0 aromatic heterocycles. The van der Waals surface area contributed by atoms with Crippen molar-refractivity contribution >= 4 is 11.8 Å². The summed E-state index contributed by atoms with van der Waals surface area (Å²) in [6, 6.07) is 10.8. The van der Waals surface area contributed by atoms with E-state index in [0.717, 1.165) is 18.4 Å². The average molecular weight is 410 g/mol. The number of hydrogen-bond donors (Lipinski definition) is 1. The minimum absolute atomic E-state index is 0.196. The normalized spacial score (nSPS) is 21.8. The maximum Gasteiger partial charge on any atom is 0.347 e. The fourth-order valence-electron chi connectivity index (χ4n) is 4.44. The second-order valence-corrected chi connectivity index (χ2v) is 7.79. The van der Waals surface area contributed by atoms with Crippen LogP contribution in [0.4, 0.5) is 0 Å². The molecule has 6 nitrogen and oxygen atoms in total. The lowest BCUT2D eigenvalue weighted by molar-refractivity contribution is -0.319. The quantitative estimate of drug-likeness (QED) is 0.329. The molecule has 30 heavy (non-hydrogen) atoms. The highest BCUT2D eigenvalue weighted by atomic mass is 17.1. The summed E-state index contributed by atoms with van der Waals surface area (Å²) in [7, 11) is 0. The van der Waals surface area contributed by atoms with Crippen molar-refractivity contribution in [2.75, 3.05) is 6.61 Å². The lowest BCUT2D eigenvalue weighted by atomic mass is 9.70. The summed E-state index contributed by atoms with van der Waals surface area (Å²) >= 11 is 0. The van der Waals surface area contributed by atoms with Gasteiger partial charge in [-0.3, -0.25) is 10.1 Å². The van der Waals surface area contributed by atoms with E-state index in [-0.39, 0.29) is 18.6 Å². The third kappa shape index (κ3) is 3.11. The number of rotatable bonds is 6. The molecule has 4 rings (SSSR count). The van der Waals surface area contributed by atoms with Crippen molar-refractivity contribution in [3.63, 3.8) is 0 Å². The van der Waals surface area contributed by atoms with Gasteiger partial charge in [0, 0.05) is 16.7 Å². The van der Waals surface area contributed by atoms with E-state index in [1.807, 2.05) is 32.0 Å². The molecule has 2 aromatic rings. The molecule has 0 saturated heterocycles. The smallest absolute Gasteiger partial charge is 0.347 e. The topological polar surface area (TPSA) is 82.1 Å². The first-order valence-corrected chi connectivity index (χ1v) is 10.5. The number of ether oxygens (including phenoxy) is 2. The summed E-state index contributed by atoms with van der Waals surface area (Å²) in [4.78, 5) is 31.3. The Morgan fingerprint density at radius 1 is 1.20 bits per heavy atom. The van der Waals surface area contributed by atoms with Crippen molar-refractivity contribution < 1.29 is 29.2 Å². The first-order chi connectivity index (χ1) is 14.6. The molecule has 6 heteroatoms. The highest BCUT2D eigenvalue weighted by Crippen LogP contribution is 2.50. The van der Waals surface area contributed by atoms with Crippen LogP contribution in [0.3, 0.4) is 0 Å². The Morgan fingerprint density at radius 3 is 2.73 bits per heavy atom. The number of aryl methyl sites for hydroxylation is 1. The first-order valence-electron chi connectivity index (χ1n) is 10.5. The second-order valence-electron chi connectivity index (χ2n) is 7.79. The van der Waals surface area contributed by atoms with Gasteiger partial charge in [0.1, 0.15) is 5.75 Å². The van der Waals surface area contributed by atoms with Gasteiger partial charge in [-0.05, 0) is 31.2 Å². The fraction of sp³-hybridized carbons (Fsp3) is 0.417. The Hall–Kier alpha value is -2.70. The van der Waals surface area contributed by atoms with Crippen LogP contribution < -0.4 is 4.74 Å². The molecule has 2 atom stereocenters. The molecule has 4 bridgehead atoms. The predicted octanol–water partition coefficient (Wildman–Crippen LogP) is 4.41. The maximum absolute atomic E-state index is 13.5. The number of carbonyl (C=O) groups excluding carboxylic acids is 2. The van der Waals surface area contributed by atoms with Crippen LogP contribution in [-0.2, 0) is 26.4 Å². The third-order valence-corrected chi connectivity index (χ3v) is 6.07. The summed E-state index contributed by atoms with van der Waals surface area (Å²) < 4.78 is 11.6. The van der Waals surface area contributed by atoms with Crippen LogP contribution in [0.5, 0.6) is 5.75 Å². The largest absolute Gasteiger partial charge is 0.478 e. The van der Waals surface area contributed by atoms with Crippen LogP contribution in [0.1, 0.15) is 72.1 Å². The molecule has 158 valence electrons. The van der Waals surface area contributed by atoms with Crippen LogP contribution >= 0.6 is 0 Å². The zero-order chi connectivity index (χ0) is 21.3. The summed E-state index contributed by atoms with van der Waals surface area (Å²) in [6.07, 6.45) is 1.97. The first kappa shape index (κ1) is 20.6. The molecule has 2 aromatic carbocycles. The van der Waals surface area contributed by atoms with E-state index in [9.17, 15) is 14.8 Å². The molecule has 0 saturated carbocycles. The monoisotopic (exact) mass is 410 g/mol. The molecule has 1 N–H and O–H groups in total. The van der Waals surface area contributed by atoms with Gasteiger partial charge in [0.2, 0.25) is 0 Å². The summed E-state index contributed by atoms with van der Waals surface area (Å²) in [5.74, 6) is -0.274. The highest BCUT2D eigenvalue weighted by molar-refractivity contribution is 6.15. The van der Waals surface area contributed by atoms with Gasteiger partial charge >= 0.3 is 5.97 Å². The molecular formula is C24H26O6. The van der Waals surface area contributed by atoms with Crippen LogP contribution in [-0.4, -0.2) is 29.7 Å². The Bertz CT molecular complexity index is 982. The highest BCUT2D eigenvalue weighted by Gasteiger charge is 2.49. The van der Waals surface area contributed by atoms with Crippen LogP contribution in [0, 0.1) is 0 Å². The van der Waals surface area contributed by atoms with E-state index in [1.165, 1.54) is 0 Å². The van der Waals surface area contributed by atoms with Gasteiger partial charge in [0.25, 0.3) is 0 Å². The van der Waals surface area contributed by atoms with Gasteiger partial charge in [-0.1, -0.05) is 56.7 Å². The number of hydrogen-bond acceptors (Lipinski definition) is 6. The summed E-state index contributed by atoms with van der Waals surface area (Å²) in [6.45, 7) is 4.31. The van der Waals surface area contributed by atoms with E-state index in [1.54, 1.807) is 18.2 Å². The number of benzene rings is 2. The fourth-order valence-corrected chi connectivity index (χ4v) is 4.44. The predicted molar refractivity (Wildman–Crippen MR) is 110 cm³/mol. The number of carbonyl (C=O) groups is 2. The Balaban J connectivity index is 1.87. The van der Waals surface area contributed by atoms with E-state index >= 15 is 0 Å². The number of fused-ring (bicyclic) bond motifs is 2. The zero-order valence-corrected chi connectivity index (χ0v) is 17.3. The Morgan fingerprint density at radius 2 is 2.00 bits per heavy atom. The lowest BCUT2D eigenvalue weighted by Crippen LogP contribution is -2.43. The summed E-state index contributed by atoms with van der Waals surface area (Å²) in [5, 5.41) is 10.1. The standard InChI is InChI=1S/C24H26O6/c1-3-5-14-28-23(26)19-12-13-24(30-27)17-9-7-6-8-16(17)21(25)20-18(24)11-10-15(4-2)22(20)29-19/h6-11,19,27H,3-5,12-14H2,1-2H3. The second kappa shape index (κ2) is 8.20. The zero-order valence-electron chi connectivity index (χ0n) is 17.3. The number of unbranched alkanes of at least 4 members (excludes halogenated alkanes) is 1. The SMILES string of the molecule is CCCCOC(=O)C1CCC2(OO)c3ccccc3C(=O)c3c2ccc(CC)c3O1. The van der Waals surface area contributed by atoms with Crippen molar-refractivity contribution in [2.24, 2.45) is 0 Å². The molecular weight excluding hydrogens is 384 g/mol. The van der Waals surface area contributed by atoms with E-state index < -0.39 is 17.7 Å². The number of ketones is 1. The van der Waals surface area contributed by atoms with Gasteiger partial charge in [-0.2, -0.15) is 0 Å². The molecule has 0 radical (unpaired) electrons. The minimum atomic E-state index is -1.24. The van der Waals surface area contributed by atoms with Crippen molar-refractivity contribution in [3.05, 3.63) is 64.2 Å². The molecule has 1 heterocycles. The van der Waals surface area contributed by atoms with E-state index in [0.29, 0.717) is 41.0 Å². The number of esters is 1. The van der Waals surface area contributed by atoms with Gasteiger partial charge in [-0.15, -0.1) is 0 Å². The lowest BCUT2D eigenvalue weighted by Gasteiger charge is -2.40. The van der Waals surface area contributed by atoms with E-state index in [4.69, 9.17) is 14.4 Å². The van der Waals surface area contributed by atoms with Crippen LogP contribution in [0.2, 0.25) is 0 Å². The molecule has 2 aliphatic rings. The maximum atomic E-state index is 13.5. The minimum Gasteiger partial charge on any atom is -0.478 e. The van der Waals surface area contributed by atoms with Gasteiger partial charge in [0.05, 0.1) is 12.2 Å². The molecule has 2 unspecified atom stereocenters. The van der Waals surface area contributed by atoms with Crippen molar-refractivity contribution in [3.8, 4) is 5.75 Å². The Kier molecular flexibility index (Phi) is 5.62. The average Bonchev–Trinajstić information content (AvgIpc) is 2.77. The Labute approximate surface area is 175 Å². The van der Waals surface area contributed by atoms with Crippen LogP contribution in [0.25, 0.3) is 0 Å². The van der Waals surface area contributed by atoms with Gasteiger partial charge in [0.15, 0.2) is 17.5 Å². The van der Waals surface area contributed by atoms with E-state index in [2.05, 4.69) is 0 Å². The summed E-state index contributed by atoms with van der Waals surface area (Å²) in [5.41, 5.74) is 1.57. The van der Waals surface area contributed by atoms with Gasteiger partial charge in [-0.25, -0.2) is 9.68 Å². The van der Waals surface area contributed by atoms with Gasteiger partial charge < -0.3 is 9.47 Å². The molecule has 0 spiro atoms.